The molecule has 2 heteroatoms. The normalized spacial score (nSPS) is 15.3. The van der Waals surface area contributed by atoms with E-state index in [1.807, 2.05) is 6.07 Å². The predicted octanol–water partition coefficient (Wildman–Crippen LogP) is 17.1. The first-order valence-electron chi connectivity index (χ1n) is 23.0. The molecule has 0 N–H and O–H groups in total. The van der Waals surface area contributed by atoms with Crippen molar-refractivity contribution in [3.8, 4) is 44.5 Å². The van der Waals surface area contributed by atoms with Crippen LogP contribution in [-0.2, 0) is 10.8 Å². The Morgan fingerprint density at radius 2 is 0.939 bits per heavy atom. The molecule has 2 aliphatic rings. The maximum atomic E-state index is 6.68. The van der Waals surface area contributed by atoms with Gasteiger partial charge in [0.15, 0.2) is 0 Å². The van der Waals surface area contributed by atoms with Crippen LogP contribution in [0.25, 0.3) is 66.4 Å². The SMILES string of the molecule is CC1(C)c2ccccc2-c2c(-c3ccccc3)cc(N(c3ccc4c(c3)oc3ccccc34)c3cccc4c3-c3ccccc3C4(c3ccccc3)c3cccc(-c4ccccc4)c3)cc21. The molecule has 0 fully saturated rings. The lowest BCUT2D eigenvalue weighted by atomic mass is 9.67. The standard InChI is InChI=1S/C64H45NO/c1-63(2)54-31-15-12-29-51(54)61-53(43-22-8-4-9-23-43)39-48(40-57(61)63)65(47-36-37-50-49-28-14-17-35-59(49)66-60(50)41-47)58-34-19-33-56-62(58)52-30-13-16-32-55(52)64(56,45-25-10-5-11-26-45)46-27-18-24-44(38-46)42-20-6-3-7-21-42/h3-41H,1-2H3. The number of furan rings is 1. The molecule has 2 nitrogen and oxygen atoms in total. The summed E-state index contributed by atoms with van der Waals surface area (Å²) >= 11 is 0. The number of fused-ring (bicyclic) bond motifs is 9. The highest BCUT2D eigenvalue weighted by molar-refractivity contribution is 6.07. The first-order valence-corrected chi connectivity index (χ1v) is 23.0. The Kier molecular flexibility index (Phi) is 8.51. The van der Waals surface area contributed by atoms with Gasteiger partial charge in [0.1, 0.15) is 11.2 Å². The van der Waals surface area contributed by atoms with Gasteiger partial charge in [-0.25, -0.2) is 0 Å². The van der Waals surface area contributed by atoms with Crippen LogP contribution in [0.15, 0.2) is 241 Å². The van der Waals surface area contributed by atoms with Gasteiger partial charge in [0.25, 0.3) is 0 Å². The van der Waals surface area contributed by atoms with E-state index in [4.69, 9.17) is 4.42 Å². The summed E-state index contributed by atoms with van der Waals surface area (Å²) in [5, 5.41) is 2.23. The number of benzene rings is 10. The van der Waals surface area contributed by atoms with E-state index in [2.05, 4.69) is 249 Å². The number of para-hydroxylation sites is 1. The molecule has 0 radical (unpaired) electrons. The number of nitrogens with zero attached hydrogens (tertiary/aromatic N) is 1. The zero-order valence-electron chi connectivity index (χ0n) is 36.9. The van der Waals surface area contributed by atoms with Crippen LogP contribution in [0.4, 0.5) is 17.1 Å². The Morgan fingerprint density at radius 3 is 1.73 bits per heavy atom. The first-order chi connectivity index (χ1) is 32.5. The molecule has 11 aromatic rings. The van der Waals surface area contributed by atoms with Crippen LogP contribution in [0.1, 0.15) is 47.2 Å². The molecule has 0 saturated carbocycles. The van der Waals surface area contributed by atoms with E-state index >= 15 is 0 Å². The average Bonchev–Trinajstić information content (AvgIpc) is 3.98. The van der Waals surface area contributed by atoms with Crippen molar-refractivity contribution in [1.29, 1.82) is 0 Å². The van der Waals surface area contributed by atoms with Crippen LogP contribution in [-0.4, -0.2) is 0 Å². The van der Waals surface area contributed by atoms with Crippen molar-refractivity contribution in [2.24, 2.45) is 0 Å². The minimum Gasteiger partial charge on any atom is -0.456 e. The minimum absolute atomic E-state index is 0.239. The molecular weight excluding hydrogens is 799 g/mol. The van der Waals surface area contributed by atoms with Crippen LogP contribution >= 0.6 is 0 Å². The Hall–Kier alpha value is -8.20. The minimum atomic E-state index is -0.612. The molecule has 13 rings (SSSR count). The Morgan fingerprint density at radius 1 is 0.348 bits per heavy atom. The summed E-state index contributed by atoms with van der Waals surface area (Å²) in [5.74, 6) is 0. The van der Waals surface area contributed by atoms with Crippen molar-refractivity contribution in [1.82, 2.24) is 0 Å². The highest BCUT2D eigenvalue weighted by atomic mass is 16.3. The molecule has 1 atom stereocenters. The second-order valence-corrected chi connectivity index (χ2v) is 18.4. The van der Waals surface area contributed by atoms with Crippen molar-refractivity contribution in [3.63, 3.8) is 0 Å². The van der Waals surface area contributed by atoms with Gasteiger partial charge < -0.3 is 9.32 Å². The summed E-state index contributed by atoms with van der Waals surface area (Å²) in [6.07, 6.45) is 0. The van der Waals surface area contributed by atoms with Gasteiger partial charge in [-0.3, -0.25) is 0 Å². The van der Waals surface area contributed by atoms with Crippen LogP contribution in [0.2, 0.25) is 0 Å². The van der Waals surface area contributed by atoms with E-state index in [9.17, 15) is 0 Å². The third-order valence-corrected chi connectivity index (χ3v) is 14.5. The summed E-state index contributed by atoms with van der Waals surface area (Å²) in [7, 11) is 0. The van der Waals surface area contributed by atoms with E-state index in [-0.39, 0.29) is 5.41 Å². The van der Waals surface area contributed by atoms with Gasteiger partial charge in [-0.05, 0) is 115 Å². The summed E-state index contributed by atoms with van der Waals surface area (Å²) in [5.41, 5.74) is 21.7. The lowest BCUT2D eigenvalue weighted by molar-refractivity contribution is 0.660. The topological polar surface area (TPSA) is 16.4 Å². The molecule has 0 amide bonds. The second-order valence-electron chi connectivity index (χ2n) is 18.4. The monoisotopic (exact) mass is 843 g/mol. The van der Waals surface area contributed by atoms with E-state index in [1.54, 1.807) is 0 Å². The summed E-state index contributed by atoms with van der Waals surface area (Å²) in [6, 6.07) is 87.2. The quantitative estimate of drug-likeness (QED) is 0.159. The largest absolute Gasteiger partial charge is 0.456 e. The molecule has 0 saturated heterocycles. The van der Waals surface area contributed by atoms with Crippen molar-refractivity contribution in [3.05, 3.63) is 270 Å². The fourth-order valence-electron chi connectivity index (χ4n) is 11.6. The number of anilines is 3. The molecule has 1 heterocycles. The van der Waals surface area contributed by atoms with E-state index in [0.29, 0.717) is 0 Å². The number of hydrogen-bond donors (Lipinski definition) is 0. The molecule has 66 heavy (non-hydrogen) atoms. The van der Waals surface area contributed by atoms with Gasteiger partial charge in [0, 0.05) is 39.2 Å². The van der Waals surface area contributed by atoms with Gasteiger partial charge in [-0.15, -0.1) is 0 Å². The highest BCUT2D eigenvalue weighted by Gasteiger charge is 2.48. The van der Waals surface area contributed by atoms with Crippen LogP contribution in [0, 0.1) is 0 Å². The van der Waals surface area contributed by atoms with Crippen LogP contribution < -0.4 is 4.90 Å². The van der Waals surface area contributed by atoms with E-state index in [0.717, 1.165) is 39.0 Å². The van der Waals surface area contributed by atoms with Gasteiger partial charge in [-0.2, -0.15) is 0 Å². The third-order valence-electron chi connectivity index (χ3n) is 14.5. The zero-order chi connectivity index (χ0) is 44.0. The van der Waals surface area contributed by atoms with Crippen LogP contribution in [0.3, 0.4) is 0 Å². The van der Waals surface area contributed by atoms with Gasteiger partial charge in [0.2, 0.25) is 0 Å². The maximum absolute atomic E-state index is 6.68. The molecule has 0 spiro atoms. The molecule has 312 valence electrons. The smallest absolute Gasteiger partial charge is 0.137 e. The van der Waals surface area contributed by atoms with E-state index in [1.165, 1.54) is 77.9 Å². The Balaban J connectivity index is 1.13. The lowest BCUT2D eigenvalue weighted by Gasteiger charge is -2.35. The van der Waals surface area contributed by atoms with Crippen molar-refractivity contribution >= 4 is 39.0 Å². The summed E-state index contributed by atoms with van der Waals surface area (Å²) in [6.45, 7) is 4.77. The zero-order valence-corrected chi connectivity index (χ0v) is 36.9. The lowest BCUT2D eigenvalue weighted by Crippen LogP contribution is -2.28. The summed E-state index contributed by atoms with van der Waals surface area (Å²) in [4.78, 5) is 2.51. The molecule has 2 aliphatic carbocycles. The average molecular weight is 844 g/mol. The molecule has 1 aromatic heterocycles. The van der Waals surface area contributed by atoms with Gasteiger partial charge in [-0.1, -0.05) is 202 Å². The highest BCUT2D eigenvalue weighted by Crippen LogP contribution is 2.61. The third kappa shape index (κ3) is 5.55. The number of rotatable bonds is 7. The van der Waals surface area contributed by atoms with Crippen molar-refractivity contribution in [2.75, 3.05) is 4.90 Å². The molecule has 0 aliphatic heterocycles. The van der Waals surface area contributed by atoms with Gasteiger partial charge in [0.05, 0.1) is 11.1 Å². The first kappa shape index (κ1) is 38.3. The van der Waals surface area contributed by atoms with Gasteiger partial charge >= 0.3 is 0 Å². The number of hydrogen-bond acceptors (Lipinski definition) is 2. The van der Waals surface area contributed by atoms with Crippen molar-refractivity contribution < 1.29 is 4.42 Å². The Bertz CT molecular complexity index is 3680. The second kappa shape index (κ2) is 14.7. The predicted molar refractivity (Wildman–Crippen MR) is 274 cm³/mol. The maximum Gasteiger partial charge on any atom is 0.137 e. The fourth-order valence-corrected chi connectivity index (χ4v) is 11.6. The fraction of sp³-hybridized carbons (Fsp3) is 0.0625. The molecule has 1 unspecified atom stereocenters. The van der Waals surface area contributed by atoms with E-state index < -0.39 is 5.41 Å². The molecule has 10 aromatic carbocycles. The summed E-state index contributed by atoms with van der Waals surface area (Å²) < 4.78 is 6.68. The Labute approximate surface area is 385 Å². The molecule has 0 bridgehead atoms. The van der Waals surface area contributed by atoms with Crippen LogP contribution in [0.5, 0.6) is 0 Å². The van der Waals surface area contributed by atoms with Crippen molar-refractivity contribution in [2.45, 2.75) is 24.7 Å². The molecular formula is C64H45NO.